The van der Waals surface area contributed by atoms with Gasteiger partial charge in [-0.05, 0) is 20.8 Å². The molecule has 0 saturated carbocycles. The third-order valence-corrected chi connectivity index (χ3v) is 2.03. The van der Waals surface area contributed by atoms with Gasteiger partial charge < -0.3 is 0 Å². The Morgan fingerprint density at radius 3 is 1.80 bits per heavy atom. The summed E-state index contributed by atoms with van der Waals surface area (Å²) in [5.41, 5.74) is 0. The van der Waals surface area contributed by atoms with Crippen molar-refractivity contribution in [1.82, 2.24) is 0 Å². The number of hydrogen-bond acceptors (Lipinski definition) is 1. The number of rotatable bonds is 3. The van der Waals surface area contributed by atoms with Crippen molar-refractivity contribution in [3.63, 3.8) is 0 Å². The quantitative estimate of drug-likeness (QED) is 0.475. The first kappa shape index (κ1) is 9.58. The molecule has 0 rings (SSSR count). The molecule has 0 spiro atoms. The Bertz CT molecular complexity index is 147. The van der Waals surface area contributed by atoms with Gasteiger partial charge in [0.15, 0.2) is 0 Å². The minimum atomic E-state index is -0.0799. The van der Waals surface area contributed by atoms with E-state index in [0.29, 0.717) is 8.37 Å². The van der Waals surface area contributed by atoms with Crippen molar-refractivity contribution in [1.29, 1.82) is 5.16 Å². The van der Waals surface area contributed by atoms with Gasteiger partial charge in [-0.2, -0.15) is 0 Å². The molecule has 10 heavy (non-hydrogen) atoms. The van der Waals surface area contributed by atoms with E-state index in [2.05, 4.69) is 0 Å². The van der Waals surface area contributed by atoms with E-state index in [1.807, 2.05) is 45.1 Å². The standard InChI is InChI=1S/C8H14NP/c1-4-6-8(3,10-9)7-5-2/h4-7,9H,1-3H3. The van der Waals surface area contributed by atoms with Crippen LogP contribution in [0.3, 0.4) is 0 Å². The molecular weight excluding hydrogens is 141 g/mol. The van der Waals surface area contributed by atoms with E-state index in [-0.39, 0.29) is 5.16 Å². The molecule has 0 amide bonds. The second kappa shape index (κ2) is 4.40. The van der Waals surface area contributed by atoms with Crippen LogP contribution in [-0.2, 0) is 0 Å². The lowest BCUT2D eigenvalue weighted by molar-refractivity contribution is 0.993. The van der Waals surface area contributed by atoms with Crippen LogP contribution in [0.5, 0.6) is 0 Å². The Hall–Kier alpha value is -0.420. The smallest absolute Gasteiger partial charge is 0.0623 e. The maximum absolute atomic E-state index is 7.23. The Morgan fingerprint density at radius 2 is 1.60 bits per heavy atom. The van der Waals surface area contributed by atoms with Crippen molar-refractivity contribution >= 4 is 8.37 Å². The summed E-state index contributed by atoms with van der Waals surface area (Å²) in [6, 6.07) is 0. The van der Waals surface area contributed by atoms with E-state index in [0.717, 1.165) is 0 Å². The topological polar surface area (TPSA) is 23.9 Å². The van der Waals surface area contributed by atoms with Crippen molar-refractivity contribution in [3.8, 4) is 0 Å². The van der Waals surface area contributed by atoms with Gasteiger partial charge in [-0.3, -0.25) is 5.16 Å². The molecule has 0 aliphatic carbocycles. The average molecular weight is 155 g/mol. The first-order valence-electron chi connectivity index (χ1n) is 3.35. The summed E-state index contributed by atoms with van der Waals surface area (Å²) in [5, 5.41) is 7.15. The number of hydrogen-bond donors (Lipinski definition) is 1. The highest BCUT2D eigenvalue weighted by molar-refractivity contribution is 7.28. The van der Waals surface area contributed by atoms with Gasteiger partial charge in [-0.1, -0.05) is 24.3 Å². The minimum absolute atomic E-state index is 0.0799. The Labute approximate surface area is 64.5 Å². The zero-order chi connectivity index (χ0) is 8.04. The lowest BCUT2D eigenvalue weighted by Gasteiger charge is -2.12. The molecule has 0 saturated heterocycles. The SMILES string of the molecule is CC=CC(C)(C=CC)P=N. The highest BCUT2D eigenvalue weighted by Gasteiger charge is 2.12. The first-order chi connectivity index (χ1) is 4.68. The maximum atomic E-state index is 7.23. The second-order valence-corrected chi connectivity index (χ2v) is 3.52. The van der Waals surface area contributed by atoms with Gasteiger partial charge in [0, 0.05) is 8.37 Å². The van der Waals surface area contributed by atoms with Crippen LogP contribution in [0, 0.1) is 5.16 Å². The van der Waals surface area contributed by atoms with E-state index >= 15 is 0 Å². The van der Waals surface area contributed by atoms with E-state index in [1.165, 1.54) is 0 Å². The Balaban J connectivity index is 4.37. The molecule has 56 valence electrons. The maximum Gasteiger partial charge on any atom is 0.0623 e. The molecule has 0 heterocycles. The van der Waals surface area contributed by atoms with Crippen molar-refractivity contribution in [2.75, 3.05) is 0 Å². The number of allylic oxidation sites excluding steroid dienone is 4. The van der Waals surface area contributed by atoms with Gasteiger partial charge >= 0.3 is 0 Å². The third-order valence-electron chi connectivity index (χ3n) is 1.25. The fraction of sp³-hybridized carbons (Fsp3) is 0.500. The highest BCUT2D eigenvalue weighted by Crippen LogP contribution is 2.25. The van der Waals surface area contributed by atoms with Crippen LogP contribution < -0.4 is 0 Å². The summed E-state index contributed by atoms with van der Waals surface area (Å²) in [6.45, 7) is 6.00. The van der Waals surface area contributed by atoms with Crippen LogP contribution in [0.2, 0.25) is 0 Å². The van der Waals surface area contributed by atoms with Crippen LogP contribution in [0.4, 0.5) is 0 Å². The summed E-state index contributed by atoms with van der Waals surface area (Å²) < 4.78 is 0. The summed E-state index contributed by atoms with van der Waals surface area (Å²) in [4.78, 5) is 0. The molecule has 2 heteroatoms. The van der Waals surface area contributed by atoms with Crippen molar-refractivity contribution in [2.24, 2.45) is 0 Å². The fourth-order valence-electron chi connectivity index (χ4n) is 0.805. The molecule has 0 bridgehead atoms. The monoisotopic (exact) mass is 155 g/mol. The predicted octanol–water partition coefficient (Wildman–Crippen LogP) is 3.61. The molecule has 0 unspecified atom stereocenters. The molecular formula is C8H14NP. The van der Waals surface area contributed by atoms with Gasteiger partial charge in [0.2, 0.25) is 0 Å². The van der Waals surface area contributed by atoms with Gasteiger partial charge in [0.25, 0.3) is 0 Å². The van der Waals surface area contributed by atoms with Crippen LogP contribution in [-0.4, -0.2) is 5.16 Å². The minimum Gasteiger partial charge on any atom is -0.283 e. The average Bonchev–Trinajstić information content (AvgIpc) is 1.89. The van der Waals surface area contributed by atoms with E-state index in [9.17, 15) is 0 Å². The molecule has 0 aromatic rings. The highest BCUT2D eigenvalue weighted by atomic mass is 31.1. The molecule has 0 fully saturated rings. The van der Waals surface area contributed by atoms with Gasteiger partial charge in [-0.25, -0.2) is 0 Å². The first-order valence-corrected chi connectivity index (χ1v) is 4.24. The van der Waals surface area contributed by atoms with Gasteiger partial charge in [0.1, 0.15) is 0 Å². The summed E-state index contributed by atoms with van der Waals surface area (Å²) in [5.74, 6) is 0. The van der Waals surface area contributed by atoms with Crippen LogP contribution >= 0.6 is 8.37 Å². The fourth-order valence-corrected chi connectivity index (χ4v) is 1.25. The van der Waals surface area contributed by atoms with Gasteiger partial charge in [-0.15, -0.1) is 0 Å². The summed E-state index contributed by atoms with van der Waals surface area (Å²) >= 11 is 0. The van der Waals surface area contributed by atoms with Crippen LogP contribution in [0.25, 0.3) is 0 Å². The van der Waals surface area contributed by atoms with Gasteiger partial charge in [0.05, 0.1) is 5.16 Å². The lowest BCUT2D eigenvalue weighted by atomic mass is 10.1. The van der Waals surface area contributed by atoms with Crippen LogP contribution in [0.15, 0.2) is 24.3 Å². The Morgan fingerprint density at radius 1 is 1.20 bits per heavy atom. The van der Waals surface area contributed by atoms with Crippen LogP contribution in [0.1, 0.15) is 20.8 Å². The zero-order valence-electron chi connectivity index (χ0n) is 6.76. The van der Waals surface area contributed by atoms with Crippen molar-refractivity contribution in [3.05, 3.63) is 24.3 Å². The van der Waals surface area contributed by atoms with E-state index in [4.69, 9.17) is 5.16 Å². The van der Waals surface area contributed by atoms with E-state index in [1.54, 1.807) is 0 Å². The summed E-state index contributed by atoms with van der Waals surface area (Å²) in [7, 11) is 0.645. The summed E-state index contributed by atoms with van der Waals surface area (Å²) in [6.07, 6.45) is 8.06. The van der Waals surface area contributed by atoms with E-state index < -0.39 is 0 Å². The normalized spacial score (nSPS) is 18.7. The lowest BCUT2D eigenvalue weighted by Crippen LogP contribution is -2.06. The molecule has 0 aromatic carbocycles. The molecule has 0 aliphatic rings. The molecule has 0 aromatic heterocycles. The van der Waals surface area contributed by atoms with Crippen molar-refractivity contribution in [2.45, 2.75) is 25.9 Å². The molecule has 0 aliphatic heterocycles. The van der Waals surface area contributed by atoms with Crippen molar-refractivity contribution < 1.29 is 0 Å². The zero-order valence-corrected chi connectivity index (χ0v) is 7.65. The molecule has 1 nitrogen and oxygen atoms in total. The Kier molecular flexibility index (Phi) is 4.22. The second-order valence-electron chi connectivity index (χ2n) is 2.34. The molecule has 0 atom stereocenters. The third kappa shape index (κ3) is 2.93. The number of nitrogens with one attached hydrogen (secondary N) is 1. The molecule has 0 radical (unpaired) electrons. The predicted molar refractivity (Wildman–Crippen MR) is 47.7 cm³/mol. The largest absolute Gasteiger partial charge is 0.283 e. The molecule has 1 N–H and O–H groups in total.